The van der Waals surface area contributed by atoms with Crippen LogP contribution in [0.4, 0.5) is 0 Å². The van der Waals surface area contributed by atoms with E-state index in [1.807, 2.05) is 0 Å². The molecule has 118 valence electrons. The predicted molar refractivity (Wildman–Crippen MR) is 81.2 cm³/mol. The minimum absolute atomic E-state index is 0.0700. The average molecular weight is 296 g/mol. The molecule has 0 saturated heterocycles. The molecule has 0 aromatic heterocycles. The Bertz CT molecular complexity index is 429. The van der Waals surface area contributed by atoms with Crippen molar-refractivity contribution in [2.45, 2.75) is 6.42 Å². The fourth-order valence-corrected chi connectivity index (χ4v) is 1.77. The van der Waals surface area contributed by atoms with E-state index < -0.39 is 0 Å². The van der Waals surface area contributed by atoms with Gasteiger partial charge >= 0.3 is 0 Å². The molecular formula is C15H24N2O4. The Morgan fingerprint density at radius 2 is 1.71 bits per heavy atom. The Kier molecular flexibility index (Phi) is 7.39. The van der Waals surface area contributed by atoms with Crippen LogP contribution in [0, 0.1) is 0 Å². The first-order valence-electron chi connectivity index (χ1n) is 6.85. The molecule has 0 unspecified atom stereocenters. The quantitative estimate of drug-likeness (QED) is 0.693. The molecule has 1 amide bonds. The highest BCUT2D eigenvalue weighted by Gasteiger charge is 2.07. The van der Waals surface area contributed by atoms with Crippen LogP contribution >= 0.6 is 0 Å². The molecule has 0 aliphatic carbocycles. The van der Waals surface area contributed by atoms with Crippen molar-refractivity contribution >= 4 is 5.91 Å². The van der Waals surface area contributed by atoms with Crippen molar-refractivity contribution < 1.29 is 19.0 Å². The first-order valence-corrected chi connectivity index (χ1v) is 6.85. The number of benzene rings is 1. The van der Waals surface area contributed by atoms with Gasteiger partial charge in [0.15, 0.2) is 0 Å². The molecule has 6 heteroatoms. The van der Waals surface area contributed by atoms with Gasteiger partial charge in [0.2, 0.25) is 5.91 Å². The standard InChI is InChI=1S/C15H24N2O4/c1-16-11-15(18)17(2)6-5-7-21-14-9-12(19-3)8-13(10-14)20-4/h8-10,16H,5-7,11H2,1-4H3. The Hall–Kier alpha value is -1.95. The molecule has 0 aliphatic heterocycles. The molecule has 1 aromatic rings. The van der Waals surface area contributed by atoms with Crippen LogP contribution < -0.4 is 19.5 Å². The number of methoxy groups -OCH3 is 2. The fourth-order valence-electron chi connectivity index (χ4n) is 1.77. The first kappa shape index (κ1) is 17.1. The van der Waals surface area contributed by atoms with Gasteiger partial charge in [-0.1, -0.05) is 0 Å². The van der Waals surface area contributed by atoms with Gasteiger partial charge in [-0.25, -0.2) is 0 Å². The first-order chi connectivity index (χ1) is 10.1. The summed E-state index contributed by atoms with van der Waals surface area (Å²) in [4.78, 5) is 13.3. The molecule has 1 N–H and O–H groups in total. The SMILES string of the molecule is CNCC(=O)N(C)CCCOc1cc(OC)cc(OC)c1. The number of likely N-dealkylation sites (N-methyl/N-ethyl adjacent to an activating group) is 2. The van der Waals surface area contributed by atoms with Gasteiger partial charge in [0.05, 0.1) is 27.4 Å². The van der Waals surface area contributed by atoms with Crippen LogP contribution in [0.1, 0.15) is 6.42 Å². The highest BCUT2D eigenvalue weighted by molar-refractivity contribution is 5.77. The Balaban J connectivity index is 2.40. The smallest absolute Gasteiger partial charge is 0.236 e. The number of nitrogens with zero attached hydrogens (tertiary/aromatic N) is 1. The van der Waals surface area contributed by atoms with Gasteiger partial charge in [-0.15, -0.1) is 0 Å². The molecule has 0 aliphatic rings. The maximum Gasteiger partial charge on any atom is 0.236 e. The molecular weight excluding hydrogens is 272 g/mol. The van der Waals surface area contributed by atoms with Crippen LogP contribution in [0.25, 0.3) is 0 Å². The second-order valence-electron chi connectivity index (χ2n) is 4.60. The van der Waals surface area contributed by atoms with E-state index in [0.717, 1.165) is 6.42 Å². The number of carbonyl (C=O) groups excluding carboxylic acids is 1. The molecule has 21 heavy (non-hydrogen) atoms. The molecule has 0 atom stereocenters. The lowest BCUT2D eigenvalue weighted by atomic mass is 10.3. The maximum absolute atomic E-state index is 11.6. The summed E-state index contributed by atoms with van der Waals surface area (Å²) in [6.07, 6.45) is 0.755. The van der Waals surface area contributed by atoms with E-state index in [0.29, 0.717) is 36.9 Å². The molecule has 6 nitrogen and oxygen atoms in total. The minimum atomic E-state index is 0.0700. The monoisotopic (exact) mass is 296 g/mol. The van der Waals surface area contributed by atoms with Crippen molar-refractivity contribution in [2.24, 2.45) is 0 Å². The summed E-state index contributed by atoms with van der Waals surface area (Å²) in [5.74, 6) is 2.13. The van der Waals surface area contributed by atoms with Crippen molar-refractivity contribution in [2.75, 3.05) is 48.0 Å². The van der Waals surface area contributed by atoms with E-state index >= 15 is 0 Å². The van der Waals surface area contributed by atoms with Crippen molar-refractivity contribution in [3.8, 4) is 17.2 Å². The summed E-state index contributed by atoms with van der Waals surface area (Å²) in [7, 11) is 6.74. The third-order valence-electron chi connectivity index (χ3n) is 2.99. The third-order valence-corrected chi connectivity index (χ3v) is 2.99. The molecule has 1 rings (SSSR count). The van der Waals surface area contributed by atoms with Crippen molar-refractivity contribution in [3.05, 3.63) is 18.2 Å². The number of rotatable bonds is 9. The molecule has 0 fully saturated rings. The van der Waals surface area contributed by atoms with E-state index in [2.05, 4.69) is 5.32 Å². The number of amides is 1. The minimum Gasteiger partial charge on any atom is -0.496 e. The van der Waals surface area contributed by atoms with Crippen LogP contribution in [-0.4, -0.2) is 58.8 Å². The molecule has 1 aromatic carbocycles. The van der Waals surface area contributed by atoms with Crippen LogP contribution in [0.5, 0.6) is 17.2 Å². The molecule has 0 bridgehead atoms. The number of hydrogen-bond acceptors (Lipinski definition) is 5. The molecule has 0 radical (unpaired) electrons. The highest BCUT2D eigenvalue weighted by Crippen LogP contribution is 2.27. The second kappa shape index (κ2) is 9.07. The summed E-state index contributed by atoms with van der Waals surface area (Å²) < 4.78 is 16.0. The third kappa shape index (κ3) is 5.91. The number of carbonyl (C=O) groups is 1. The summed E-state index contributed by atoms with van der Waals surface area (Å²) >= 11 is 0. The van der Waals surface area contributed by atoms with Crippen molar-refractivity contribution in [1.82, 2.24) is 10.2 Å². The Morgan fingerprint density at radius 3 is 2.24 bits per heavy atom. The van der Waals surface area contributed by atoms with E-state index in [9.17, 15) is 4.79 Å². The van der Waals surface area contributed by atoms with Gasteiger partial charge in [-0.05, 0) is 13.5 Å². The predicted octanol–water partition coefficient (Wildman–Crippen LogP) is 1.15. The average Bonchev–Trinajstić information content (AvgIpc) is 2.51. The highest BCUT2D eigenvalue weighted by atomic mass is 16.5. The number of hydrogen-bond donors (Lipinski definition) is 1. The zero-order valence-electron chi connectivity index (χ0n) is 13.1. The van der Waals surface area contributed by atoms with Gasteiger partial charge in [-0.3, -0.25) is 4.79 Å². The molecule has 0 saturated carbocycles. The Labute approximate surface area is 126 Å². The Morgan fingerprint density at radius 1 is 1.14 bits per heavy atom. The number of nitrogens with one attached hydrogen (secondary N) is 1. The van der Waals surface area contributed by atoms with Gasteiger partial charge in [0, 0.05) is 31.8 Å². The zero-order valence-corrected chi connectivity index (χ0v) is 13.1. The lowest BCUT2D eigenvalue weighted by Gasteiger charge is -2.17. The zero-order chi connectivity index (χ0) is 15.7. The molecule has 0 spiro atoms. The largest absolute Gasteiger partial charge is 0.496 e. The lowest BCUT2D eigenvalue weighted by molar-refractivity contribution is -0.128. The lowest BCUT2D eigenvalue weighted by Crippen LogP contribution is -2.35. The summed E-state index contributed by atoms with van der Waals surface area (Å²) in [6, 6.07) is 5.40. The van der Waals surface area contributed by atoms with Crippen LogP contribution in [-0.2, 0) is 4.79 Å². The fraction of sp³-hybridized carbons (Fsp3) is 0.533. The van der Waals surface area contributed by atoms with E-state index in [-0.39, 0.29) is 5.91 Å². The van der Waals surface area contributed by atoms with Gasteiger partial charge in [-0.2, -0.15) is 0 Å². The van der Waals surface area contributed by atoms with Gasteiger partial charge in [0.25, 0.3) is 0 Å². The molecule has 0 heterocycles. The van der Waals surface area contributed by atoms with Gasteiger partial charge < -0.3 is 24.4 Å². The van der Waals surface area contributed by atoms with E-state index in [1.165, 1.54) is 0 Å². The normalized spacial score (nSPS) is 10.1. The van der Waals surface area contributed by atoms with Crippen LogP contribution in [0.2, 0.25) is 0 Å². The van der Waals surface area contributed by atoms with E-state index in [1.54, 1.807) is 51.4 Å². The summed E-state index contributed by atoms with van der Waals surface area (Å²) in [6.45, 7) is 1.53. The maximum atomic E-state index is 11.6. The van der Waals surface area contributed by atoms with Crippen molar-refractivity contribution in [1.29, 1.82) is 0 Å². The van der Waals surface area contributed by atoms with Crippen LogP contribution in [0.15, 0.2) is 18.2 Å². The van der Waals surface area contributed by atoms with E-state index in [4.69, 9.17) is 14.2 Å². The summed E-state index contributed by atoms with van der Waals surface area (Å²) in [5, 5.41) is 2.84. The number of ether oxygens (including phenoxy) is 3. The van der Waals surface area contributed by atoms with Gasteiger partial charge in [0.1, 0.15) is 17.2 Å². The van der Waals surface area contributed by atoms with Crippen LogP contribution in [0.3, 0.4) is 0 Å². The topological polar surface area (TPSA) is 60.0 Å². The summed E-state index contributed by atoms with van der Waals surface area (Å²) in [5.41, 5.74) is 0. The second-order valence-corrected chi connectivity index (χ2v) is 4.60. The van der Waals surface area contributed by atoms with Crippen molar-refractivity contribution in [3.63, 3.8) is 0 Å².